The molecule has 0 aromatic heterocycles. The van der Waals surface area contributed by atoms with Crippen LogP contribution in [-0.4, -0.2) is 59.8 Å². The van der Waals surface area contributed by atoms with E-state index in [0.717, 1.165) is 42.9 Å². The summed E-state index contributed by atoms with van der Waals surface area (Å²) in [4.78, 5) is 3.77. The summed E-state index contributed by atoms with van der Waals surface area (Å²) in [5.41, 5.74) is 2.98. The molecule has 0 spiro atoms. The van der Waals surface area contributed by atoms with Crippen LogP contribution in [0.15, 0.2) is 54.8 Å². The van der Waals surface area contributed by atoms with E-state index in [2.05, 4.69) is 23.6 Å². The van der Waals surface area contributed by atoms with Crippen LogP contribution in [0.4, 0.5) is 23.2 Å². The Labute approximate surface area is 265 Å². The number of hydrogen-bond acceptors (Lipinski definition) is 5. The predicted octanol–water partition coefficient (Wildman–Crippen LogP) is 8.75. The van der Waals surface area contributed by atoms with Gasteiger partial charge in [0.05, 0.1) is 26.0 Å². The number of aliphatic hydroxyl groups excluding tert-OH is 1. The molecule has 2 aromatic rings. The molecule has 2 atom stereocenters. The van der Waals surface area contributed by atoms with Gasteiger partial charge in [-0.2, -0.15) is 17.6 Å². The van der Waals surface area contributed by atoms with Gasteiger partial charge >= 0.3 is 9.85 Å². The van der Waals surface area contributed by atoms with Gasteiger partial charge in [0.2, 0.25) is 0 Å². The Kier molecular flexibility index (Phi) is 10.0. The maximum absolute atomic E-state index is 14.4. The molecule has 236 valence electrons. The van der Waals surface area contributed by atoms with Gasteiger partial charge in [-0.1, -0.05) is 24.8 Å². The average Bonchev–Trinajstić information content (AvgIpc) is 3.72. The highest BCUT2D eigenvalue weighted by molar-refractivity contribution is 14.1. The first kappa shape index (κ1) is 32.2. The van der Waals surface area contributed by atoms with Crippen LogP contribution in [-0.2, 0) is 0 Å². The second-order valence-corrected chi connectivity index (χ2v) is 13.6. The summed E-state index contributed by atoms with van der Waals surface area (Å²) in [7, 11) is 1.59. The predicted molar refractivity (Wildman–Crippen MR) is 169 cm³/mol. The molecule has 2 saturated heterocycles. The molecule has 43 heavy (non-hydrogen) atoms. The summed E-state index contributed by atoms with van der Waals surface area (Å²) >= 11 is 0.547. The van der Waals surface area contributed by atoms with E-state index < -0.39 is 16.4 Å². The molecule has 0 radical (unpaired) electrons. The highest BCUT2D eigenvalue weighted by Gasteiger charge is 2.55. The molecule has 5 rings (SSSR count). The highest BCUT2D eigenvalue weighted by Crippen LogP contribution is 2.47. The molecule has 3 aliphatic rings. The molecule has 3 fully saturated rings. The number of anilines is 1. The largest absolute Gasteiger partial charge is 0.513 e. The van der Waals surface area contributed by atoms with Crippen LogP contribution < -0.4 is 14.4 Å². The van der Waals surface area contributed by atoms with Crippen molar-refractivity contribution < 1.29 is 32.1 Å². The lowest BCUT2D eigenvalue weighted by Crippen LogP contribution is -2.46. The molecule has 0 amide bonds. The third-order valence-corrected chi connectivity index (χ3v) is 9.94. The fourth-order valence-corrected chi connectivity index (χ4v) is 6.79. The normalized spacial score (nSPS) is 21.2. The average molecular weight is 717 g/mol. The molecule has 1 saturated carbocycles. The van der Waals surface area contributed by atoms with Crippen molar-refractivity contribution in [1.82, 2.24) is 4.90 Å². The Morgan fingerprint density at radius 2 is 1.77 bits per heavy atom. The number of likely N-dealkylation sites (tertiary alicyclic amines) is 1. The number of nitrogens with zero attached hydrogens (tertiary/aromatic N) is 2. The maximum atomic E-state index is 14.4. The van der Waals surface area contributed by atoms with E-state index in [-0.39, 0.29) is 17.7 Å². The van der Waals surface area contributed by atoms with Crippen LogP contribution >= 0.6 is 22.6 Å². The maximum Gasteiger partial charge on any atom is 0.359 e. The number of benzene rings is 2. The van der Waals surface area contributed by atoms with Crippen molar-refractivity contribution >= 4 is 28.3 Å². The van der Waals surface area contributed by atoms with Crippen molar-refractivity contribution in [2.24, 2.45) is 11.8 Å². The van der Waals surface area contributed by atoms with E-state index >= 15 is 0 Å². The molecule has 1 aliphatic carbocycles. The first-order valence-electron chi connectivity index (χ1n) is 15.2. The molecule has 1 N–H and O–H groups in total. The van der Waals surface area contributed by atoms with E-state index in [0.29, 0.717) is 72.6 Å². The minimum Gasteiger partial charge on any atom is -0.513 e. The van der Waals surface area contributed by atoms with Gasteiger partial charge in [0.25, 0.3) is 0 Å². The van der Waals surface area contributed by atoms with Crippen molar-refractivity contribution in [3.05, 3.63) is 65.9 Å². The molecule has 1 unspecified atom stereocenters. The number of rotatable bonds is 13. The van der Waals surface area contributed by atoms with Crippen molar-refractivity contribution in [2.45, 2.75) is 66.8 Å². The topological polar surface area (TPSA) is 45.2 Å². The van der Waals surface area contributed by atoms with Crippen LogP contribution in [0.1, 0.15) is 68.0 Å². The summed E-state index contributed by atoms with van der Waals surface area (Å²) in [6.45, 7) is 5.21. The monoisotopic (exact) mass is 716 g/mol. The van der Waals surface area contributed by atoms with E-state index in [1.165, 1.54) is 23.3 Å². The lowest BCUT2D eigenvalue weighted by Gasteiger charge is -2.37. The minimum absolute atomic E-state index is 0.218. The first-order chi connectivity index (χ1) is 20.4. The second-order valence-electron chi connectivity index (χ2n) is 12.3. The Bertz CT molecular complexity index is 1260. The molecular weight excluding hydrogens is 675 g/mol. The number of hydrogen-bond donors (Lipinski definition) is 1. The van der Waals surface area contributed by atoms with E-state index in [1.807, 2.05) is 30.3 Å². The molecule has 10 heteroatoms. The second kappa shape index (κ2) is 13.4. The number of aliphatic hydroxyl groups is 1. The lowest BCUT2D eigenvalue weighted by atomic mass is 9.90. The highest BCUT2D eigenvalue weighted by atomic mass is 127. The van der Waals surface area contributed by atoms with E-state index in [1.54, 1.807) is 7.11 Å². The molecule has 2 aliphatic heterocycles. The number of alkyl halides is 5. The fraction of sp³-hybridized carbons (Fsp3) is 0.576. The van der Waals surface area contributed by atoms with E-state index in [9.17, 15) is 22.7 Å². The fourth-order valence-electron chi connectivity index (χ4n) is 6.62. The van der Waals surface area contributed by atoms with Gasteiger partial charge in [0.1, 0.15) is 11.5 Å². The summed E-state index contributed by atoms with van der Waals surface area (Å²) in [5, 5.41) is 9.81. The lowest BCUT2D eigenvalue weighted by molar-refractivity contribution is -0.154. The summed E-state index contributed by atoms with van der Waals surface area (Å²) in [6.07, 6.45) is 6.05. The van der Waals surface area contributed by atoms with Crippen molar-refractivity contribution in [1.29, 1.82) is 0 Å². The van der Waals surface area contributed by atoms with Crippen molar-refractivity contribution in [3.63, 3.8) is 0 Å². The van der Waals surface area contributed by atoms with Crippen LogP contribution in [0, 0.1) is 11.8 Å². The number of allylic oxidation sites excluding steroid dienone is 1. The Morgan fingerprint density at radius 1 is 1.02 bits per heavy atom. The number of piperidine rings is 1. The summed E-state index contributed by atoms with van der Waals surface area (Å²) in [5.74, 6) is -1.18. The van der Waals surface area contributed by atoms with Gasteiger partial charge in [0, 0.05) is 59.9 Å². The number of methoxy groups -OCH3 is 1. The van der Waals surface area contributed by atoms with Gasteiger partial charge in [-0.25, -0.2) is 0 Å². The van der Waals surface area contributed by atoms with Crippen molar-refractivity contribution in [2.75, 3.05) is 44.8 Å². The number of halogens is 5. The van der Waals surface area contributed by atoms with Crippen LogP contribution in [0.5, 0.6) is 11.5 Å². The zero-order valence-corrected chi connectivity index (χ0v) is 26.7. The Morgan fingerprint density at radius 3 is 2.42 bits per heavy atom. The smallest absolute Gasteiger partial charge is 0.359 e. The third kappa shape index (κ3) is 7.90. The van der Waals surface area contributed by atoms with Gasteiger partial charge in [-0.3, -0.25) is 4.90 Å². The van der Waals surface area contributed by atoms with E-state index in [4.69, 9.17) is 9.47 Å². The molecule has 2 heterocycles. The third-order valence-electron chi connectivity index (χ3n) is 9.15. The molecule has 0 bridgehead atoms. The van der Waals surface area contributed by atoms with Gasteiger partial charge < -0.3 is 19.5 Å². The Hall–Kier alpha value is -2.21. The standard InChI is InChI=1S/C33H41F4IN2O3/c1-22(41)17-29(24-8-9-24)25-5-3-6-27(18-25)43-20-23-12-15-39(16-13-23)31-19-26(42-2)10-11-28(31)30-7-4-14-40(30)21-32(34,35)33(36,37)38/h3,5-6,10-11,18-19,23-24,29-30,41H,1,4,7-9,12-17,20-21H2,2H3/t29-,30?/m0/s1. The van der Waals surface area contributed by atoms with Crippen LogP contribution in [0.2, 0.25) is 0 Å². The summed E-state index contributed by atoms with van der Waals surface area (Å²) in [6, 6.07) is 13.5. The zero-order chi connectivity index (χ0) is 30.8. The zero-order valence-electron chi connectivity index (χ0n) is 24.6. The van der Waals surface area contributed by atoms with Gasteiger partial charge in [-0.15, -0.1) is 0 Å². The Balaban J connectivity index is 1.22. The molecule has 2 aromatic carbocycles. The number of ether oxygens (including phenoxy) is 2. The first-order valence-corrected chi connectivity index (χ1v) is 16.2. The van der Waals surface area contributed by atoms with Crippen LogP contribution in [0.3, 0.4) is 0 Å². The molecule has 5 nitrogen and oxygen atoms in total. The van der Waals surface area contributed by atoms with Gasteiger partial charge in [0.15, 0.2) is 0 Å². The SMILES string of the molecule is C=C(O)C[C@H](c1cccc(OCC2CCN(c3cc(OC)ccc3C3CCCN3CC(F)(F)C(F)(F)I)CC2)c1)C1CC1. The molecular formula is C33H41F4IN2O3. The summed E-state index contributed by atoms with van der Waals surface area (Å²) < 4.78 is 63.7. The van der Waals surface area contributed by atoms with Gasteiger partial charge in [-0.05, 0) is 92.1 Å². The van der Waals surface area contributed by atoms with Crippen molar-refractivity contribution in [3.8, 4) is 11.5 Å². The quantitative estimate of drug-likeness (QED) is 0.0973. The minimum atomic E-state index is -4.12. The van der Waals surface area contributed by atoms with Crippen LogP contribution in [0.25, 0.3) is 0 Å².